The molecule has 4 aromatic rings. The molecule has 2 atom stereocenters. The minimum atomic E-state index is -0.771. The zero-order chi connectivity index (χ0) is 25.1. The number of hydrogen-bond acceptors (Lipinski definition) is 4. The van der Waals surface area contributed by atoms with Gasteiger partial charge in [0.15, 0.2) is 0 Å². The van der Waals surface area contributed by atoms with E-state index < -0.39 is 11.6 Å². The lowest BCUT2D eigenvalue weighted by molar-refractivity contribution is -0.152. The normalized spacial score (nSPS) is 15.1. The van der Waals surface area contributed by atoms with Gasteiger partial charge < -0.3 is 9.84 Å². The predicted octanol–water partition coefficient (Wildman–Crippen LogP) is 5.63. The third kappa shape index (κ3) is 3.83. The van der Waals surface area contributed by atoms with E-state index >= 15 is 0 Å². The number of aliphatic hydroxyl groups excluding tert-OH is 1. The van der Waals surface area contributed by atoms with Crippen LogP contribution < -0.4 is 0 Å². The largest absolute Gasteiger partial charge is 0.468 e. The summed E-state index contributed by atoms with van der Waals surface area (Å²) >= 11 is 0. The number of esters is 1. The van der Waals surface area contributed by atoms with Gasteiger partial charge >= 0.3 is 5.97 Å². The van der Waals surface area contributed by atoms with Gasteiger partial charge in [0, 0.05) is 19.1 Å². The molecule has 1 aliphatic carbocycles. The maximum atomic E-state index is 13.5. The molecule has 1 unspecified atom stereocenters. The molecule has 1 aliphatic rings. The van der Waals surface area contributed by atoms with Gasteiger partial charge in [0.1, 0.15) is 6.04 Å². The van der Waals surface area contributed by atoms with Crippen molar-refractivity contribution >= 4 is 5.97 Å². The highest BCUT2D eigenvalue weighted by atomic mass is 16.5. The Balaban J connectivity index is 1.89. The van der Waals surface area contributed by atoms with Crippen LogP contribution in [0.2, 0.25) is 0 Å². The van der Waals surface area contributed by atoms with E-state index in [2.05, 4.69) is 77.7 Å². The summed E-state index contributed by atoms with van der Waals surface area (Å²) in [6, 6.07) is 36.7. The van der Waals surface area contributed by atoms with Gasteiger partial charge in [-0.2, -0.15) is 0 Å². The number of benzene rings is 4. The molecule has 0 amide bonds. The molecular formula is C32H31NO3. The molecule has 0 aliphatic heterocycles. The Morgan fingerprint density at radius 2 is 1.31 bits per heavy atom. The molecule has 0 aromatic heterocycles. The Kier molecular flexibility index (Phi) is 6.73. The van der Waals surface area contributed by atoms with Gasteiger partial charge in [-0.25, -0.2) is 0 Å². The van der Waals surface area contributed by atoms with Crippen molar-refractivity contribution in [2.45, 2.75) is 25.0 Å². The molecule has 4 heteroatoms. The van der Waals surface area contributed by atoms with Gasteiger partial charge in [0.25, 0.3) is 0 Å². The fraction of sp³-hybridized carbons (Fsp3) is 0.219. The lowest BCUT2D eigenvalue weighted by Crippen LogP contribution is -2.57. The number of fused-ring (bicyclic) bond motifs is 3. The Morgan fingerprint density at radius 3 is 1.83 bits per heavy atom. The minimum Gasteiger partial charge on any atom is -0.468 e. The summed E-state index contributed by atoms with van der Waals surface area (Å²) in [6.07, 6.45) is 0. The number of rotatable bonds is 8. The number of methoxy groups -OCH3 is 1. The Hall–Kier alpha value is -3.73. The van der Waals surface area contributed by atoms with Crippen molar-refractivity contribution < 1.29 is 14.6 Å². The number of carbonyl (C=O) groups excluding carboxylic acids is 1. The molecule has 0 heterocycles. The first-order valence-corrected chi connectivity index (χ1v) is 12.4. The summed E-state index contributed by atoms with van der Waals surface area (Å²) in [5, 5.41) is 10.3. The van der Waals surface area contributed by atoms with Crippen LogP contribution in [0.25, 0.3) is 11.1 Å². The van der Waals surface area contributed by atoms with Crippen molar-refractivity contribution in [3.05, 3.63) is 131 Å². The quantitative estimate of drug-likeness (QED) is 0.334. The summed E-state index contributed by atoms with van der Waals surface area (Å²) in [5.41, 5.74) is 5.91. The van der Waals surface area contributed by atoms with Crippen LogP contribution in [0.1, 0.15) is 29.2 Å². The van der Waals surface area contributed by atoms with E-state index in [0.29, 0.717) is 6.54 Å². The fourth-order valence-electron chi connectivity index (χ4n) is 5.77. The van der Waals surface area contributed by atoms with Crippen LogP contribution in [0.5, 0.6) is 0 Å². The smallest absolute Gasteiger partial charge is 0.323 e. The first-order valence-electron chi connectivity index (χ1n) is 12.4. The molecule has 36 heavy (non-hydrogen) atoms. The highest BCUT2D eigenvalue weighted by Crippen LogP contribution is 2.55. The topological polar surface area (TPSA) is 49.8 Å². The van der Waals surface area contributed by atoms with E-state index in [9.17, 15) is 9.90 Å². The number of aliphatic hydroxyl groups is 1. The second kappa shape index (κ2) is 10.1. The molecule has 1 N–H and O–H groups in total. The molecule has 0 saturated heterocycles. The lowest BCUT2D eigenvalue weighted by Gasteiger charge is -2.48. The highest BCUT2D eigenvalue weighted by molar-refractivity contribution is 5.84. The molecular weight excluding hydrogens is 446 g/mol. The molecule has 0 spiro atoms. The van der Waals surface area contributed by atoms with E-state index in [1.165, 1.54) is 7.11 Å². The van der Waals surface area contributed by atoms with Crippen LogP contribution in [0.4, 0.5) is 0 Å². The van der Waals surface area contributed by atoms with E-state index in [1.54, 1.807) is 0 Å². The average molecular weight is 478 g/mol. The second-order valence-corrected chi connectivity index (χ2v) is 9.41. The highest BCUT2D eigenvalue weighted by Gasteiger charge is 2.53. The van der Waals surface area contributed by atoms with Crippen LogP contribution in [-0.4, -0.2) is 35.7 Å². The van der Waals surface area contributed by atoms with Crippen LogP contribution in [0.3, 0.4) is 0 Å². The average Bonchev–Trinajstić information content (AvgIpc) is 3.24. The predicted molar refractivity (Wildman–Crippen MR) is 142 cm³/mol. The van der Waals surface area contributed by atoms with Gasteiger partial charge in [-0.15, -0.1) is 0 Å². The van der Waals surface area contributed by atoms with Crippen molar-refractivity contribution in [1.82, 2.24) is 4.90 Å². The van der Waals surface area contributed by atoms with E-state index in [-0.39, 0.29) is 18.5 Å². The van der Waals surface area contributed by atoms with Crippen molar-refractivity contribution in [3.63, 3.8) is 0 Å². The minimum absolute atomic E-state index is 0.140. The maximum absolute atomic E-state index is 13.5. The van der Waals surface area contributed by atoms with Crippen molar-refractivity contribution in [2.24, 2.45) is 5.92 Å². The zero-order valence-corrected chi connectivity index (χ0v) is 20.7. The Bertz CT molecular complexity index is 1290. The Morgan fingerprint density at radius 1 is 0.806 bits per heavy atom. The zero-order valence-electron chi connectivity index (χ0n) is 20.7. The van der Waals surface area contributed by atoms with Gasteiger partial charge in [-0.05, 0) is 33.4 Å². The van der Waals surface area contributed by atoms with Crippen molar-refractivity contribution in [3.8, 4) is 11.1 Å². The van der Waals surface area contributed by atoms with Gasteiger partial charge in [0.2, 0.25) is 0 Å². The van der Waals surface area contributed by atoms with E-state index in [0.717, 1.165) is 33.4 Å². The van der Waals surface area contributed by atoms with Crippen LogP contribution in [0, 0.1) is 5.92 Å². The monoisotopic (exact) mass is 477 g/mol. The number of nitrogens with zero attached hydrogens (tertiary/aromatic N) is 1. The van der Waals surface area contributed by atoms with Gasteiger partial charge in [-0.1, -0.05) is 116 Å². The van der Waals surface area contributed by atoms with E-state index in [4.69, 9.17) is 4.74 Å². The summed E-state index contributed by atoms with van der Waals surface area (Å²) in [4.78, 5) is 15.8. The summed E-state index contributed by atoms with van der Waals surface area (Å²) < 4.78 is 5.38. The summed E-state index contributed by atoms with van der Waals surface area (Å²) in [6.45, 7) is 2.26. The van der Waals surface area contributed by atoms with Crippen LogP contribution in [0.15, 0.2) is 109 Å². The Labute approximate surface area is 212 Å². The molecule has 0 bridgehead atoms. The van der Waals surface area contributed by atoms with Gasteiger partial charge in [-0.3, -0.25) is 9.69 Å². The molecule has 0 saturated carbocycles. The fourth-order valence-corrected chi connectivity index (χ4v) is 5.77. The van der Waals surface area contributed by atoms with Crippen molar-refractivity contribution in [1.29, 1.82) is 0 Å². The number of ether oxygens (including phenoxy) is 1. The molecule has 5 rings (SSSR count). The third-order valence-corrected chi connectivity index (χ3v) is 7.35. The molecule has 4 nitrogen and oxygen atoms in total. The lowest BCUT2D eigenvalue weighted by atomic mass is 9.76. The summed E-state index contributed by atoms with van der Waals surface area (Å²) in [5.74, 6) is -0.716. The van der Waals surface area contributed by atoms with Crippen LogP contribution >= 0.6 is 0 Å². The number of carbonyl (C=O) groups is 1. The first-order chi connectivity index (χ1) is 17.6. The third-order valence-electron chi connectivity index (χ3n) is 7.35. The summed E-state index contributed by atoms with van der Waals surface area (Å²) in [7, 11) is 1.42. The molecule has 0 radical (unpaired) electrons. The molecule has 0 fully saturated rings. The molecule has 4 aromatic carbocycles. The number of hydrogen-bond donors (Lipinski definition) is 1. The van der Waals surface area contributed by atoms with Crippen LogP contribution in [-0.2, 0) is 21.6 Å². The SMILES string of the molecule is COC(=O)[C@H](C(C)CO)N(Cc1ccccc1)C1(c2ccccc2)c2ccccc2-c2ccccc21. The maximum Gasteiger partial charge on any atom is 0.323 e. The van der Waals surface area contributed by atoms with Crippen molar-refractivity contribution in [2.75, 3.05) is 13.7 Å². The van der Waals surface area contributed by atoms with E-state index in [1.807, 2.05) is 43.3 Å². The molecule has 182 valence electrons. The second-order valence-electron chi connectivity index (χ2n) is 9.41. The van der Waals surface area contributed by atoms with Gasteiger partial charge in [0.05, 0.1) is 12.6 Å². The standard InChI is InChI=1S/C32H31NO3/c1-23(22-34)30(31(35)36-2)33(21-24-13-5-3-6-14-24)32(25-15-7-4-8-16-25)28-19-11-9-17-26(28)27-18-10-12-20-29(27)32/h3-20,23,30,34H,21-22H2,1-2H3/t23?,30-/m0/s1. The first kappa shape index (κ1) is 24.0.